The maximum absolute atomic E-state index is 5.79. The van der Waals surface area contributed by atoms with E-state index in [1.54, 1.807) is 6.20 Å². The van der Waals surface area contributed by atoms with Crippen molar-refractivity contribution in [3.05, 3.63) is 30.5 Å². The van der Waals surface area contributed by atoms with E-state index in [1.165, 1.54) is 5.69 Å². The third-order valence-electron chi connectivity index (χ3n) is 3.55. The first kappa shape index (κ1) is 11.3. The predicted molar refractivity (Wildman–Crippen MR) is 75.9 cm³/mol. The number of rotatable bonds is 1. The highest BCUT2D eigenvalue weighted by molar-refractivity contribution is 5.92. The molecular formula is C14H18N4. The summed E-state index contributed by atoms with van der Waals surface area (Å²) in [6, 6.07) is 8.29. The van der Waals surface area contributed by atoms with Crippen LogP contribution in [-0.2, 0) is 0 Å². The smallest absolute Gasteiger partial charge is 0.0936 e. The maximum atomic E-state index is 5.79. The van der Waals surface area contributed by atoms with Crippen LogP contribution in [0.5, 0.6) is 0 Å². The first-order valence-electron chi connectivity index (χ1n) is 6.32. The highest BCUT2D eigenvalue weighted by atomic mass is 15.2. The molecule has 94 valence electrons. The highest BCUT2D eigenvalue weighted by Gasteiger charge is 2.16. The molecule has 1 aromatic carbocycles. The molecule has 4 heteroatoms. The number of fused-ring (bicyclic) bond motifs is 1. The molecule has 4 nitrogen and oxygen atoms in total. The Hall–Kier alpha value is -1.81. The van der Waals surface area contributed by atoms with Gasteiger partial charge in [-0.3, -0.25) is 4.98 Å². The highest BCUT2D eigenvalue weighted by Crippen LogP contribution is 2.26. The van der Waals surface area contributed by atoms with Gasteiger partial charge in [0.15, 0.2) is 0 Å². The third kappa shape index (κ3) is 1.99. The van der Waals surface area contributed by atoms with Gasteiger partial charge in [-0.05, 0) is 19.2 Å². The van der Waals surface area contributed by atoms with Gasteiger partial charge in [-0.1, -0.05) is 12.1 Å². The summed E-state index contributed by atoms with van der Waals surface area (Å²) in [6.45, 7) is 4.32. The molecule has 1 fully saturated rings. The van der Waals surface area contributed by atoms with Gasteiger partial charge in [-0.15, -0.1) is 0 Å². The number of anilines is 2. The van der Waals surface area contributed by atoms with Crippen LogP contribution in [0.2, 0.25) is 0 Å². The Balaban J connectivity index is 2.01. The molecule has 1 aliphatic rings. The van der Waals surface area contributed by atoms with Crippen molar-refractivity contribution in [2.24, 2.45) is 0 Å². The average molecular weight is 242 g/mol. The van der Waals surface area contributed by atoms with Gasteiger partial charge in [-0.25, -0.2) is 0 Å². The summed E-state index contributed by atoms with van der Waals surface area (Å²) < 4.78 is 0. The molecule has 0 bridgehead atoms. The molecule has 18 heavy (non-hydrogen) atoms. The van der Waals surface area contributed by atoms with Gasteiger partial charge in [0.05, 0.1) is 23.1 Å². The number of nitrogens with two attached hydrogens (primary N) is 1. The van der Waals surface area contributed by atoms with Crippen LogP contribution < -0.4 is 10.6 Å². The number of nitrogen functional groups attached to an aromatic ring is 1. The molecule has 1 aliphatic heterocycles. The molecule has 0 amide bonds. The topological polar surface area (TPSA) is 45.4 Å². The molecule has 2 heterocycles. The lowest BCUT2D eigenvalue weighted by atomic mass is 10.1. The maximum Gasteiger partial charge on any atom is 0.0936 e. The summed E-state index contributed by atoms with van der Waals surface area (Å²) >= 11 is 0. The van der Waals surface area contributed by atoms with Crippen molar-refractivity contribution in [3.63, 3.8) is 0 Å². The van der Waals surface area contributed by atoms with Crippen LogP contribution in [0.25, 0.3) is 10.9 Å². The van der Waals surface area contributed by atoms with E-state index in [4.69, 9.17) is 5.73 Å². The van der Waals surface area contributed by atoms with Crippen LogP contribution in [0.3, 0.4) is 0 Å². The van der Waals surface area contributed by atoms with E-state index in [-0.39, 0.29) is 0 Å². The molecule has 0 aliphatic carbocycles. The van der Waals surface area contributed by atoms with Crippen molar-refractivity contribution in [2.45, 2.75) is 0 Å². The van der Waals surface area contributed by atoms with Crippen LogP contribution in [0.15, 0.2) is 30.5 Å². The molecule has 0 unspecified atom stereocenters. The number of hydrogen-bond donors (Lipinski definition) is 1. The summed E-state index contributed by atoms with van der Waals surface area (Å²) in [7, 11) is 2.17. The number of nitrogens with zero attached hydrogens (tertiary/aromatic N) is 3. The van der Waals surface area contributed by atoms with Crippen LogP contribution >= 0.6 is 0 Å². The molecule has 2 N–H and O–H groups in total. The summed E-state index contributed by atoms with van der Waals surface area (Å²) in [5.74, 6) is 0. The van der Waals surface area contributed by atoms with E-state index in [2.05, 4.69) is 40.0 Å². The molecular weight excluding hydrogens is 224 g/mol. The summed E-state index contributed by atoms with van der Waals surface area (Å²) in [5.41, 5.74) is 8.78. The predicted octanol–water partition coefficient (Wildman–Crippen LogP) is 1.57. The van der Waals surface area contributed by atoms with Crippen LogP contribution in [0, 0.1) is 0 Å². The van der Waals surface area contributed by atoms with Crippen molar-refractivity contribution in [3.8, 4) is 0 Å². The van der Waals surface area contributed by atoms with E-state index in [1.807, 2.05) is 6.07 Å². The fourth-order valence-corrected chi connectivity index (χ4v) is 2.46. The molecule has 3 rings (SSSR count). The number of pyridine rings is 1. The zero-order valence-electron chi connectivity index (χ0n) is 10.6. The Bertz CT molecular complexity index is 559. The summed E-state index contributed by atoms with van der Waals surface area (Å²) in [6.07, 6.45) is 1.74. The molecule has 0 atom stereocenters. The van der Waals surface area contributed by atoms with Gasteiger partial charge in [0.25, 0.3) is 0 Å². The second kappa shape index (κ2) is 4.46. The molecule has 1 aromatic heterocycles. The minimum Gasteiger partial charge on any atom is -0.397 e. The zero-order valence-corrected chi connectivity index (χ0v) is 10.6. The first-order valence-corrected chi connectivity index (χ1v) is 6.32. The zero-order chi connectivity index (χ0) is 12.5. The van der Waals surface area contributed by atoms with Crippen LogP contribution in [-0.4, -0.2) is 43.1 Å². The molecule has 2 aromatic rings. The van der Waals surface area contributed by atoms with E-state index >= 15 is 0 Å². The monoisotopic (exact) mass is 242 g/mol. The minimum absolute atomic E-state index is 0.720. The largest absolute Gasteiger partial charge is 0.397 e. The Morgan fingerprint density at radius 1 is 1.17 bits per heavy atom. The van der Waals surface area contributed by atoms with E-state index < -0.39 is 0 Å². The molecule has 0 saturated carbocycles. The first-order chi connectivity index (χ1) is 8.74. The number of benzene rings is 1. The molecule has 1 saturated heterocycles. The fourth-order valence-electron chi connectivity index (χ4n) is 2.46. The fraction of sp³-hybridized carbons (Fsp3) is 0.357. The van der Waals surface area contributed by atoms with Crippen LogP contribution in [0.1, 0.15) is 0 Å². The van der Waals surface area contributed by atoms with Gasteiger partial charge in [0.2, 0.25) is 0 Å². The summed E-state index contributed by atoms with van der Waals surface area (Å²) in [5, 5.41) is 1.12. The van der Waals surface area contributed by atoms with Gasteiger partial charge >= 0.3 is 0 Å². The average Bonchev–Trinajstić information content (AvgIpc) is 2.38. The number of aromatic nitrogens is 1. The Morgan fingerprint density at radius 3 is 2.72 bits per heavy atom. The second-order valence-corrected chi connectivity index (χ2v) is 4.91. The number of hydrogen-bond acceptors (Lipinski definition) is 4. The third-order valence-corrected chi connectivity index (χ3v) is 3.55. The SMILES string of the molecule is CN1CCN(c2cccc3cc(N)cnc23)CC1. The molecule has 0 radical (unpaired) electrons. The Kier molecular flexibility index (Phi) is 2.80. The quantitative estimate of drug-likeness (QED) is 0.824. The van der Waals surface area contributed by atoms with Crippen molar-refractivity contribution in [1.82, 2.24) is 9.88 Å². The van der Waals surface area contributed by atoms with Gasteiger partial charge < -0.3 is 15.5 Å². The van der Waals surface area contributed by atoms with Crippen molar-refractivity contribution in [2.75, 3.05) is 43.9 Å². The normalized spacial score (nSPS) is 17.3. The van der Waals surface area contributed by atoms with E-state index in [9.17, 15) is 0 Å². The Morgan fingerprint density at radius 2 is 1.94 bits per heavy atom. The van der Waals surface area contributed by atoms with Crippen molar-refractivity contribution >= 4 is 22.3 Å². The van der Waals surface area contributed by atoms with Crippen LogP contribution in [0.4, 0.5) is 11.4 Å². The van der Waals surface area contributed by atoms with Crippen molar-refractivity contribution in [1.29, 1.82) is 0 Å². The number of piperazine rings is 1. The van der Waals surface area contributed by atoms with Gasteiger partial charge in [-0.2, -0.15) is 0 Å². The minimum atomic E-state index is 0.720. The van der Waals surface area contributed by atoms with Gasteiger partial charge in [0, 0.05) is 31.6 Å². The molecule has 0 spiro atoms. The lowest BCUT2D eigenvalue weighted by Crippen LogP contribution is -2.44. The Labute approximate surface area is 107 Å². The second-order valence-electron chi connectivity index (χ2n) is 4.91. The summed E-state index contributed by atoms with van der Waals surface area (Å²) in [4.78, 5) is 9.26. The number of likely N-dealkylation sites (N-methyl/N-ethyl adjacent to an activating group) is 1. The lowest BCUT2D eigenvalue weighted by molar-refractivity contribution is 0.313. The van der Waals surface area contributed by atoms with E-state index in [0.29, 0.717) is 0 Å². The lowest BCUT2D eigenvalue weighted by Gasteiger charge is -2.34. The van der Waals surface area contributed by atoms with E-state index in [0.717, 1.165) is 42.8 Å². The standard InChI is InChI=1S/C14H18N4/c1-17-5-7-18(8-6-17)13-4-2-3-11-9-12(15)10-16-14(11)13/h2-4,9-10H,5-8,15H2,1H3. The van der Waals surface area contributed by atoms with Gasteiger partial charge in [0.1, 0.15) is 0 Å². The van der Waals surface area contributed by atoms with Crippen molar-refractivity contribution < 1.29 is 0 Å². The number of para-hydroxylation sites is 1.